The smallest absolute Gasteiger partial charge is 0.269 e. The number of benzene rings is 1. The van der Waals surface area contributed by atoms with Crippen LogP contribution in [0.3, 0.4) is 0 Å². The predicted molar refractivity (Wildman–Crippen MR) is 69.8 cm³/mol. The van der Waals surface area contributed by atoms with Crippen molar-refractivity contribution in [2.75, 3.05) is 5.32 Å². The molecule has 1 atom stereocenters. The summed E-state index contributed by atoms with van der Waals surface area (Å²) in [4.78, 5) is 11.8. The summed E-state index contributed by atoms with van der Waals surface area (Å²) in [5, 5.41) is 15.4. The first-order chi connectivity index (χ1) is 9.06. The first-order valence-electron chi connectivity index (χ1n) is 5.54. The van der Waals surface area contributed by atoms with Crippen LogP contribution >= 0.6 is 15.9 Å². The van der Waals surface area contributed by atoms with Crippen LogP contribution in [0.2, 0.25) is 0 Å². The van der Waals surface area contributed by atoms with Crippen LogP contribution in [0.15, 0.2) is 22.7 Å². The highest BCUT2D eigenvalue weighted by Gasteiger charge is 2.16. The second-order valence-corrected chi connectivity index (χ2v) is 4.93. The number of nitrogens with one attached hydrogen (secondary N) is 2. The molecule has 8 heteroatoms. The molecule has 0 radical (unpaired) electrons. The van der Waals surface area contributed by atoms with Gasteiger partial charge in [-0.25, -0.2) is 4.39 Å². The highest BCUT2D eigenvalue weighted by atomic mass is 79.9. The van der Waals surface area contributed by atoms with E-state index in [9.17, 15) is 9.18 Å². The topological polar surface area (TPSA) is 83.6 Å². The van der Waals surface area contributed by atoms with E-state index in [0.29, 0.717) is 10.9 Å². The molecule has 6 nitrogen and oxygen atoms in total. The van der Waals surface area contributed by atoms with Crippen LogP contribution in [0.4, 0.5) is 10.3 Å². The summed E-state index contributed by atoms with van der Waals surface area (Å²) in [5.41, 5.74) is 0.865. The number of H-pyrrole nitrogens is 1. The molecule has 2 rings (SSSR count). The van der Waals surface area contributed by atoms with Gasteiger partial charge >= 0.3 is 0 Å². The standard InChI is InChI=1S/C11H11BrFN5O/c1-6(10(19)14-11-15-17-18-16-11)4-7-2-3-9(13)8(12)5-7/h2-3,5-6H,4H2,1H3,(H2,14,15,16,17,18,19). The van der Waals surface area contributed by atoms with Crippen LogP contribution < -0.4 is 5.32 Å². The minimum atomic E-state index is -0.326. The van der Waals surface area contributed by atoms with Crippen molar-refractivity contribution in [2.45, 2.75) is 13.3 Å². The number of rotatable bonds is 4. The lowest BCUT2D eigenvalue weighted by Crippen LogP contribution is -2.22. The van der Waals surface area contributed by atoms with Gasteiger partial charge in [0.2, 0.25) is 5.91 Å². The SMILES string of the molecule is CC(Cc1ccc(F)c(Br)c1)C(=O)Nc1nn[nH]n1. The van der Waals surface area contributed by atoms with Gasteiger partial charge in [0.05, 0.1) is 4.47 Å². The normalized spacial score (nSPS) is 12.2. The van der Waals surface area contributed by atoms with Crippen molar-refractivity contribution in [2.24, 2.45) is 5.92 Å². The molecule has 0 spiro atoms. The second kappa shape index (κ2) is 5.87. The third kappa shape index (κ3) is 3.57. The minimum Gasteiger partial charge on any atom is -0.292 e. The quantitative estimate of drug-likeness (QED) is 0.898. The van der Waals surface area contributed by atoms with Crippen LogP contribution in [0.25, 0.3) is 0 Å². The fourth-order valence-corrected chi connectivity index (χ4v) is 1.99. The number of carbonyl (C=O) groups is 1. The molecule has 0 aliphatic carbocycles. The molecule has 0 aliphatic rings. The van der Waals surface area contributed by atoms with Crippen molar-refractivity contribution in [1.29, 1.82) is 0 Å². The van der Waals surface area contributed by atoms with Crippen LogP contribution in [0.5, 0.6) is 0 Å². The van der Waals surface area contributed by atoms with Crippen molar-refractivity contribution in [3.8, 4) is 0 Å². The van der Waals surface area contributed by atoms with Gasteiger partial charge in [0.15, 0.2) is 0 Å². The van der Waals surface area contributed by atoms with Crippen molar-refractivity contribution in [1.82, 2.24) is 20.6 Å². The van der Waals surface area contributed by atoms with Crippen LogP contribution in [-0.4, -0.2) is 26.5 Å². The Labute approximate surface area is 116 Å². The van der Waals surface area contributed by atoms with E-state index >= 15 is 0 Å². The lowest BCUT2D eigenvalue weighted by atomic mass is 10.0. The minimum absolute atomic E-state index is 0.136. The monoisotopic (exact) mass is 327 g/mol. The summed E-state index contributed by atoms with van der Waals surface area (Å²) in [6, 6.07) is 4.68. The number of aromatic nitrogens is 4. The second-order valence-electron chi connectivity index (χ2n) is 4.08. The largest absolute Gasteiger partial charge is 0.292 e. The Morgan fingerprint density at radius 3 is 3.00 bits per heavy atom. The average Bonchev–Trinajstić information content (AvgIpc) is 2.86. The van der Waals surface area contributed by atoms with Crippen molar-refractivity contribution in [3.05, 3.63) is 34.1 Å². The molecule has 2 aromatic rings. The van der Waals surface area contributed by atoms with Gasteiger partial charge in [-0.15, -0.1) is 5.10 Å². The van der Waals surface area contributed by atoms with Crippen LogP contribution in [0.1, 0.15) is 12.5 Å². The number of halogens is 2. The zero-order chi connectivity index (χ0) is 13.8. The maximum Gasteiger partial charge on any atom is 0.269 e. The van der Waals surface area contributed by atoms with Crippen LogP contribution in [0, 0.1) is 11.7 Å². The van der Waals surface area contributed by atoms with E-state index in [-0.39, 0.29) is 23.6 Å². The summed E-state index contributed by atoms with van der Waals surface area (Å²) in [7, 11) is 0. The van der Waals surface area contributed by atoms with E-state index in [1.54, 1.807) is 19.1 Å². The molecule has 1 heterocycles. The van der Waals surface area contributed by atoms with Gasteiger partial charge in [-0.3, -0.25) is 10.1 Å². The number of hydrogen-bond acceptors (Lipinski definition) is 4. The van der Waals surface area contributed by atoms with E-state index < -0.39 is 0 Å². The van der Waals surface area contributed by atoms with E-state index in [4.69, 9.17) is 0 Å². The molecule has 0 aliphatic heterocycles. The maximum absolute atomic E-state index is 13.1. The van der Waals surface area contributed by atoms with Gasteiger partial charge in [-0.05, 0) is 45.3 Å². The lowest BCUT2D eigenvalue weighted by molar-refractivity contribution is -0.119. The number of anilines is 1. The van der Waals surface area contributed by atoms with Crippen molar-refractivity contribution < 1.29 is 9.18 Å². The number of amides is 1. The van der Waals surface area contributed by atoms with Gasteiger partial charge in [-0.1, -0.05) is 18.1 Å². The highest BCUT2D eigenvalue weighted by molar-refractivity contribution is 9.10. The van der Waals surface area contributed by atoms with Gasteiger partial charge < -0.3 is 0 Å². The molecular formula is C11H11BrFN5O. The first kappa shape index (κ1) is 13.6. The van der Waals surface area contributed by atoms with E-state index in [1.807, 2.05) is 0 Å². The van der Waals surface area contributed by atoms with Gasteiger partial charge in [0.25, 0.3) is 5.95 Å². The molecule has 0 bridgehead atoms. The molecule has 2 N–H and O–H groups in total. The number of carbonyl (C=O) groups excluding carboxylic acids is 1. The Balaban J connectivity index is 1.98. The van der Waals surface area contributed by atoms with E-state index in [0.717, 1.165) is 5.56 Å². The Morgan fingerprint density at radius 1 is 1.58 bits per heavy atom. The third-order valence-corrected chi connectivity index (χ3v) is 3.16. The van der Waals surface area contributed by atoms with Gasteiger partial charge in [0.1, 0.15) is 5.82 Å². The Kier molecular flexibility index (Phi) is 4.20. The molecule has 1 aromatic heterocycles. The molecule has 0 saturated carbocycles. The molecule has 1 unspecified atom stereocenters. The molecule has 1 aromatic carbocycles. The number of nitrogens with zero attached hydrogens (tertiary/aromatic N) is 3. The lowest BCUT2D eigenvalue weighted by Gasteiger charge is -2.10. The summed E-state index contributed by atoms with van der Waals surface area (Å²) in [6.45, 7) is 1.77. The molecule has 100 valence electrons. The fourth-order valence-electron chi connectivity index (χ4n) is 1.56. The molecular weight excluding hydrogens is 317 g/mol. The van der Waals surface area contributed by atoms with Crippen molar-refractivity contribution >= 4 is 27.8 Å². The Bertz CT molecular complexity index is 574. The average molecular weight is 328 g/mol. The first-order valence-corrected chi connectivity index (χ1v) is 6.34. The number of hydrogen-bond donors (Lipinski definition) is 2. The van der Waals surface area contributed by atoms with Gasteiger partial charge in [-0.2, -0.15) is 5.21 Å². The van der Waals surface area contributed by atoms with Gasteiger partial charge in [0, 0.05) is 5.92 Å². The number of tetrazole rings is 1. The number of aromatic amines is 1. The fraction of sp³-hybridized carbons (Fsp3) is 0.273. The molecule has 0 fully saturated rings. The predicted octanol–water partition coefficient (Wildman–Crippen LogP) is 1.92. The zero-order valence-electron chi connectivity index (χ0n) is 10.0. The van der Waals surface area contributed by atoms with Crippen molar-refractivity contribution in [3.63, 3.8) is 0 Å². The summed E-state index contributed by atoms with van der Waals surface area (Å²) >= 11 is 3.11. The Hall–Kier alpha value is -1.83. The highest BCUT2D eigenvalue weighted by Crippen LogP contribution is 2.19. The van der Waals surface area contributed by atoms with E-state index in [1.165, 1.54) is 6.07 Å². The summed E-state index contributed by atoms with van der Waals surface area (Å²) in [6.07, 6.45) is 0.489. The summed E-state index contributed by atoms with van der Waals surface area (Å²) < 4.78 is 13.5. The zero-order valence-corrected chi connectivity index (χ0v) is 11.6. The molecule has 0 saturated heterocycles. The third-order valence-electron chi connectivity index (χ3n) is 2.55. The summed E-state index contributed by atoms with van der Waals surface area (Å²) in [5.74, 6) is -0.706. The van der Waals surface area contributed by atoms with E-state index in [2.05, 4.69) is 41.9 Å². The maximum atomic E-state index is 13.1. The Morgan fingerprint density at radius 2 is 2.37 bits per heavy atom. The van der Waals surface area contributed by atoms with Crippen LogP contribution in [-0.2, 0) is 11.2 Å². The molecule has 19 heavy (non-hydrogen) atoms. The molecule has 1 amide bonds.